The predicted molar refractivity (Wildman–Crippen MR) is 113 cm³/mol. The second kappa shape index (κ2) is 8.49. The summed E-state index contributed by atoms with van der Waals surface area (Å²) in [5.41, 5.74) is 1.53. The summed E-state index contributed by atoms with van der Waals surface area (Å²) in [6, 6.07) is 14.0. The highest BCUT2D eigenvalue weighted by Gasteiger charge is 2.25. The lowest BCUT2D eigenvalue weighted by molar-refractivity contribution is 0.346. The number of aromatic nitrogens is 2. The number of benzene rings is 2. The van der Waals surface area contributed by atoms with Crippen LogP contribution in [0, 0.1) is 0 Å². The molecule has 0 bridgehead atoms. The van der Waals surface area contributed by atoms with Crippen LogP contribution in [0.1, 0.15) is 30.7 Å². The topological polar surface area (TPSA) is 76.3 Å². The van der Waals surface area contributed by atoms with E-state index in [1.54, 1.807) is 46.8 Å². The second-order valence-corrected chi connectivity index (χ2v) is 9.15. The smallest absolute Gasteiger partial charge is 0.250 e. The van der Waals surface area contributed by atoms with Gasteiger partial charge in [-0.1, -0.05) is 41.4 Å². The maximum atomic E-state index is 12.7. The van der Waals surface area contributed by atoms with Gasteiger partial charge in [0.25, 0.3) is 5.89 Å². The molecule has 1 fully saturated rings. The van der Waals surface area contributed by atoms with Gasteiger partial charge in [0.05, 0.1) is 4.90 Å². The first-order valence-electron chi connectivity index (χ1n) is 9.41. The van der Waals surface area contributed by atoms with Crippen molar-refractivity contribution < 1.29 is 12.9 Å². The lowest BCUT2D eigenvalue weighted by atomic mass is 10.2. The zero-order valence-corrected chi connectivity index (χ0v) is 17.2. The van der Waals surface area contributed by atoms with Crippen molar-refractivity contribution in [2.75, 3.05) is 13.1 Å². The molecule has 0 amide bonds. The van der Waals surface area contributed by atoms with Gasteiger partial charge in [-0.25, -0.2) is 8.42 Å². The Bertz CT molecular complexity index is 1120. The number of piperidine rings is 1. The molecule has 8 heteroatoms. The number of hydrogen-bond donors (Lipinski definition) is 0. The van der Waals surface area contributed by atoms with E-state index in [1.165, 1.54) is 0 Å². The molecule has 2 heterocycles. The van der Waals surface area contributed by atoms with Crippen LogP contribution in [0.25, 0.3) is 23.5 Å². The van der Waals surface area contributed by atoms with Crippen LogP contribution in [0.15, 0.2) is 57.9 Å². The normalized spacial score (nSPS) is 15.8. The number of hydrogen-bond acceptors (Lipinski definition) is 5. The summed E-state index contributed by atoms with van der Waals surface area (Å²) >= 11 is 6.13. The fourth-order valence-electron chi connectivity index (χ4n) is 3.22. The molecule has 3 aromatic rings. The number of halogens is 1. The Labute approximate surface area is 174 Å². The van der Waals surface area contributed by atoms with Gasteiger partial charge in [-0.15, -0.1) is 0 Å². The third-order valence-corrected chi connectivity index (χ3v) is 7.07. The maximum absolute atomic E-state index is 12.7. The highest BCUT2D eigenvalue weighted by atomic mass is 35.5. The van der Waals surface area contributed by atoms with Crippen LogP contribution in [0.3, 0.4) is 0 Å². The summed E-state index contributed by atoms with van der Waals surface area (Å²) in [4.78, 5) is 4.62. The molecule has 0 radical (unpaired) electrons. The molecule has 1 aliphatic rings. The molecule has 0 unspecified atom stereocenters. The first-order chi connectivity index (χ1) is 14.0. The molecule has 1 saturated heterocycles. The van der Waals surface area contributed by atoms with Gasteiger partial charge in [0.2, 0.25) is 15.8 Å². The summed E-state index contributed by atoms with van der Waals surface area (Å²) in [5.74, 6) is 0.732. The van der Waals surface area contributed by atoms with Gasteiger partial charge in [-0.2, -0.15) is 9.29 Å². The van der Waals surface area contributed by atoms with Crippen molar-refractivity contribution in [1.29, 1.82) is 0 Å². The average Bonchev–Trinajstić information content (AvgIpc) is 3.23. The van der Waals surface area contributed by atoms with E-state index in [1.807, 2.05) is 18.2 Å². The minimum atomic E-state index is -3.45. The van der Waals surface area contributed by atoms with Crippen molar-refractivity contribution in [2.45, 2.75) is 24.2 Å². The number of rotatable bonds is 5. The predicted octanol–water partition coefficient (Wildman–Crippen LogP) is 4.74. The van der Waals surface area contributed by atoms with E-state index in [9.17, 15) is 8.42 Å². The van der Waals surface area contributed by atoms with E-state index in [0.29, 0.717) is 35.4 Å². The lowest BCUT2D eigenvalue weighted by Crippen LogP contribution is -2.35. The molecule has 0 atom stereocenters. The van der Waals surface area contributed by atoms with E-state index < -0.39 is 10.0 Å². The minimum Gasteiger partial charge on any atom is -0.334 e. The van der Waals surface area contributed by atoms with Crippen LogP contribution in [0.4, 0.5) is 0 Å². The monoisotopic (exact) mass is 429 g/mol. The van der Waals surface area contributed by atoms with Crippen LogP contribution < -0.4 is 0 Å². The molecule has 2 aromatic carbocycles. The highest BCUT2D eigenvalue weighted by molar-refractivity contribution is 7.89. The molecule has 29 heavy (non-hydrogen) atoms. The van der Waals surface area contributed by atoms with Crippen molar-refractivity contribution in [3.8, 4) is 11.4 Å². The third kappa shape index (κ3) is 4.42. The van der Waals surface area contributed by atoms with Crippen LogP contribution in [-0.2, 0) is 10.0 Å². The first kappa shape index (κ1) is 19.8. The molecule has 0 N–H and O–H groups in total. The molecule has 4 rings (SSSR count). The molecule has 0 spiro atoms. The van der Waals surface area contributed by atoms with Crippen molar-refractivity contribution in [2.24, 2.45) is 0 Å². The third-order valence-electron chi connectivity index (χ3n) is 4.82. The molecular formula is C21H20ClN3O3S. The molecule has 150 valence electrons. The van der Waals surface area contributed by atoms with Gasteiger partial charge in [-0.05, 0) is 54.8 Å². The Morgan fingerprint density at radius 3 is 2.41 bits per heavy atom. The zero-order valence-electron chi connectivity index (χ0n) is 15.7. The SMILES string of the molecule is O=S(=O)(c1ccc(-c2noc(C=Cc3ccccc3Cl)n2)cc1)N1CCCCC1. The summed E-state index contributed by atoms with van der Waals surface area (Å²) < 4.78 is 32.3. The fraction of sp³-hybridized carbons (Fsp3) is 0.238. The van der Waals surface area contributed by atoms with E-state index in [4.69, 9.17) is 16.1 Å². The van der Waals surface area contributed by atoms with E-state index in [2.05, 4.69) is 10.1 Å². The fourth-order valence-corrected chi connectivity index (χ4v) is 4.94. The molecule has 0 saturated carbocycles. The molecule has 6 nitrogen and oxygen atoms in total. The van der Waals surface area contributed by atoms with Crippen LogP contribution >= 0.6 is 11.6 Å². The molecular weight excluding hydrogens is 410 g/mol. The quantitative estimate of drug-likeness (QED) is 0.585. The van der Waals surface area contributed by atoms with Crippen LogP contribution in [0.5, 0.6) is 0 Å². The first-order valence-corrected chi connectivity index (χ1v) is 11.2. The lowest BCUT2D eigenvalue weighted by Gasteiger charge is -2.25. The average molecular weight is 430 g/mol. The van der Waals surface area contributed by atoms with Crippen molar-refractivity contribution in [3.63, 3.8) is 0 Å². The van der Waals surface area contributed by atoms with Crippen molar-refractivity contribution in [1.82, 2.24) is 14.4 Å². The Morgan fingerprint density at radius 2 is 1.69 bits per heavy atom. The largest absolute Gasteiger partial charge is 0.334 e. The highest BCUT2D eigenvalue weighted by Crippen LogP contribution is 2.24. The summed E-state index contributed by atoms with van der Waals surface area (Å²) in [6.45, 7) is 1.16. The van der Waals surface area contributed by atoms with Gasteiger partial charge in [0.1, 0.15) is 0 Å². The minimum absolute atomic E-state index is 0.283. The summed E-state index contributed by atoms with van der Waals surface area (Å²) in [7, 11) is -3.45. The Hall–Kier alpha value is -2.48. The zero-order chi connectivity index (χ0) is 20.3. The second-order valence-electron chi connectivity index (χ2n) is 6.80. The standard InChI is InChI=1S/C21H20ClN3O3S/c22-19-7-3-2-6-16(19)10-13-20-23-21(24-28-20)17-8-11-18(12-9-17)29(26,27)25-14-4-1-5-15-25/h2-3,6-13H,1,4-5,14-15H2. The summed E-state index contributed by atoms with van der Waals surface area (Å²) in [5, 5.41) is 4.61. The maximum Gasteiger partial charge on any atom is 0.250 e. The van der Waals surface area contributed by atoms with Crippen molar-refractivity contribution >= 4 is 33.8 Å². The molecule has 1 aromatic heterocycles. The molecule has 0 aliphatic carbocycles. The Balaban J connectivity index is 1.51. The van der Waals surface area contributed by atoms with Gasteiger partial charge in [-0.3, -0.25) is 0 Å². The molecule has 1 aliphatic heterocycles. The van der Waals surface area contributed by atoms with Gasteiger partial charge < -0.3 is 4.52 Å². The van der Waals surface area contributed by atoms with Crippen LogP contribution in [-0.4, -0.2) is 36.0 Å². The van der Waals surface area contributed by atoms with Crippen molar-refractivity contribution in [3.05, 3.63) is 65.0 Å². The number of sulfonamides is 1. The Morgan fingerprint density at radius 1 is 0.966 bits per heavy atom. The van der Waals surface area contributed by atoms with E-state index in [0.717, 1.165) is 24.8 Å². The van der Waals surface area contributed by atoms with Crippen LogP contribution in [0.2, 0.25) is 5.02 Å². The van der Waals surface area contributed by atoms with E-state index in [-0.39, 0.29) is 4.90 Å². The van der Waals surface area contributed by atoms with E-state index >= 15 is 0 Å². The Kier molecular flexibility index (Phi) is 5.80. The number of nitrogens with zero attached hydrogens (tertiary/aromatic N) is 3. The summed E-state index contributed by atoms with van der Waals surface area (Å²) in [6.07, 6.45) is 6.38. The van der Waals surface area contributed by atoms with Gasteiger partial charge in [0, 0.05) is 29.8 Å². The van der Waals surface area contributed by atoms with Gasteiger partial charge >= 0.3 is 0 Å². The van der Waals surface area contributed by atoms with Gasteiger partial charge in [0.15, 0.2) is 0 Å².